The van der Waals surface area contributed by atoms with E-state index in [0.717, 1.165) is 0 Å². The molecule has 1 unspecified atom stereocenters. The third kappa shape index (κ3) is 6.75. The zero-order valence-electron chi connectivity index (χ0n) is 13.6. The van der Waals surface area contributed by atoms with Gasteiger partial charge in [-0.05, 0) is 28.5 Å². The van der Waals surface area contributed by atoms with Gasteiger partial charge in [-0.2, -0.15) is 0 Å². The first-order chi connectivity index (χ1) is 12.5. The average molecular weight is 417 g/mol. The van der Waals surface area contributed by atoms with E-state index in [-0.39, 0.29) is 23.9 Å². The molecule has 0 spiro atoms. The quantitative estimate of drug-likeness (QED) is 0.238. The topological polar surface area (TPSA) is 149 Å². The monoisotopic (exact) mass is 416 g/mol. The SMILES string of the molecule is NC(=Nc1cccc(Cl)c1)c1nonc1SCCNC(=O)CCS(N)=O. The second-order valence-electron chi connectivity index (χ2n) is 4.93. The molecule has 0 saturated carbocycles. The molecule has 5 N–H and O–H groups in total. The van der Waals surface area contributed by atoms with Crippen molar-refractivity contribution in [3.05, 3.63) is 35.0 Å². The number of thioether (sulfide) groups is 1. The molecule has 1 aromatic carbocycles. The van der Waals surface area contributed by atoms with Gasteiger partial charge in [0, 0.05) is 29.5 Å². The third-order valence-electron chi connectivity index (χ3n) is 2.95. The van der Waals surface area contributed by atoms with Crippen LogP contribution in [0.15, 0.2) is 38.9 Å². The molecule has 140 valence electrons. The third-order valence-corrected chi connectivity index (χ3v) is 4.74. The maximum absolute atomic E-state index is 11.5. The van der Waals surface area contributed by atoms with Gasteiger partial charge < -0.3 is 11.1 Å². The zero-order chi connectivity index (χ0) is 18.9. The lowest BCUT2D eigenvalue weighted by Gasteiger charge is -2.03. The molecule has 1 atom stereocenters. The molecule has 0 saturated heterocycles. The van der Waals surface area contributed by atoms with Crippen molar-refractivity contribution >= 4 is 51.8 Å². The van der Waals surface area contributed by atoms with Crippen LogP contribution in [0.3, 0.4) is 0 Å². The van der Waals surface area contributed by atoms with Crippen LogP contribution < -0.4 is 16.2 Å². The van der Waals surface area contributed by atoms with Crippen molar-refractivity contribution in [2.75, 3.05) is 18.1 Å². The van der Waals surface area contributed by atoms with E-state index in [1.165, 1.54) is 11.8 Å². The van der Waals surface area contributed by atoms with Crippen molar-refractivity contribution in [3.63, 3.8) is 0 Å². The number of aromatic nitrogens is 2. The fraction of sp³-hybridized carbons (Fsp3) is 0.286. The molecule has 0 fully saturated rings. The lowest BCUT2D eigenvalue weighted by atomic mass is 10.3. The van der Waals surface area contributed by atoms with Crippen LogP contribution in [0.5, 0.6) is 0 Å². The summed E-state index contributed by atoms with van der Waals surface area (Å²) >= 11 is 7.22. The van der Waals surface area contributed by atoms with E-state index < -0.39 is 11.0 Å². The van der Waals surface area contributed by atoms with E-state index in [0.29, 0.717) is 33.7 Å². The lowest BCUT2D eigenvalue weighted by Crippen LogP contribution is -2.27. The predicted octanol–water partition coefficient (Wildman–Crippen LogP) is 0.981. The minimum Gasteiger partial charge on any atom is -0.382 e. The highest BCUT2D eigenvalue weighted by atomic mass is 35.5. The van der Waals surface area contributed by atoms with Crippen LogP contribution in [0.4, 0.5) is 5.69 Å². The summed E-state index contributed by atoms with van der Waals surface area (Å²) in [7, 11) is -1.48. The van der Waals surface area contributed by atoms with Gasteiger partial charge in [-0.15, -0.1) is 0 Å². The van der Waals surface area contributed by atoms with Crippen molar-refractivity contribution in [2.24, 2.45) is 15.9 Å². The molecule has 0 aliphatic rings. The molecule has 2 aromatic rings. The number of carbonyl (C=O) groups is 1. The summed E-state index contributed by atoms with van der Waals surface area (Å²) in [5.41, 5.74) is 6.86. The summed E-state index contributed by atoms with van der Waals surface area (Å²) in [6.45, 7) is 0.387. The highest BCUT2D eigenvalue weighted by molar-refractivity contribution is 7.99. The number of benzene rings is 1. The molecule has 9 nitrogen and oxygen atoms in total. The number of hydrogen-bond acceptors (Lipinski definition) is 7. The number of carbonyl (C=O) groups excluding carboxylic acids is 1. The van der Waals surface area contributed by atoms with Gasteiger partial charge in [0.25, 0.3) is 0 Å². The minimum absolute atomic E-state index is 0.115. The maximum atomic E-state index is 11.5. The fourth-order valence-corrected chi connectivity index (χ4v) is 3.12. The number of nitrogens with zero attached hydrogens (tertiary/aromatic N) is 3. The molecule has 0 radical (unpaired) electrons. The number of nitrogens with one attached hydrogen (secondary N) is 1. The summed E-state index contributed by atoms with van der Waals surface area (Å²) in [5.74, 6) is 0.575. The number of amides is 1. The summed E-state index contributed by atoms with van der Waals surface area (Å²) in [4.78, 5) is 15.8. The molecular formula is C14H17ClN6O3S2. The largest absolute Gasteiger partial charge is 0.382 e. The second-order valence-corrected chi connectivity index (χ2v) is 7.62. The molecule has 0 aliphatic heterocycles. The van der Waals surface area contributed by atoms with Gasteiger partial charge in [0.15, 0.2) is 16.6 Å². The summed E-state index contributed by atoms with van der Waals surface area (Å²) in [6.07, 6.45) is 0.115. The number of rotatable bonds is 9. The fourth-order valence-electron chi connectivity index (χ4n) is 1.79. The van der Waals surface area contributed by atoms with Gasteiger partial charge in [-0.1, -0.05) is 29.4 Å². The summed E-state index contributed by atoms with van der Waals surface area (Å²) < 4.78 is 15.5. The van der Waals surface area contributed by atoms with Gasteiger partial charge in [0.05, 0.1) is 16.7 Å². The number of hydrogen-bond donors (Lipinski definition) is 3. The van der Waals surface area contributed by atoms with Crippen LogP contribution in [0, 0.1) is 0 Å². The van der Waals surface area contributed by atoms with Gasteiger partial charge in [0.2, 0.25) is 5.91 Å². The van der Waals surface area contributed by atoms with E-state index in [2.05, 4.69) is 20.6 Å². The Morgan fingerprint density at radius 3 is 2.96 bits per heavy atom. The second kappa shape index (κ2) is 10.3. The molecular weight excluding hydrogens is 400 g/mol. The Bertz CT molecular complexity index is 813. The van der Waals surface area contributed by atoms with Crippen LogP contribution in [-0.4, -0.2) is 44.3 Å². The van der Waals surface area contributed by atoms with Crippen LogP contribution in [0.1, 0.15) is 12.1 Å². The Morgan fingerprint density at radius 2 is 2.23 bits per heavy atom. The lowest BCUT2D eigenvalue weighted by molar-refractivity contribution is -0.120. The first-order valence-electron chi connectivity index (χ1n) is 7.40. The van der Waals surface area contributed by atoms with Gasteiger partial charge >= 0.3 is 0 Å². The van der Waals surface area contributed by atoms with Crippen molar-refractivity contribution in [1.82, 2.24) is 15.6 Å². The number of halogens is 1. The normalized spacial score (nSPS) is 12.8. The van der Waals surface area contributed by atoms with Crippen LogP contribution in [0.2, 0.25) is 5.02 Å². The summed E-state index contributed by atoms with van der Waals surface area (Å²) in [6, 6.07) is 6.91. The molecule has 0 aliphatic carbocycles. The van der Waals surface area contributed by atoms with Crippen molar-refractivity contribution in [1.29, 1.82) is 0 Å². The van der Waals surface area contributed by atoms with Crippen LogP contribution >= 0.6 is 23.4 Å². The smallest absolute Gasteiger partial charge is 0.221 e. The van der Waals surface area contributed by atoms with Gasteiger partial charge in [0.1, 0.15) is 0 Å². The van der Waals surface area contributed by atoms with E-state index >= 15 is 0 Å². The number of nitrogens with two attached hydrogens (primary N) is 2. The molecule has 1 amide bonds. The number of aliphatic imine (C=N–C) groups is 1. The molecule has 26 heavy (non-hydrogen) atoms. The Balaban J connectivity index is 1.88. The van der Waals surface area contributed by atoms with E-state index in [1.807, 2.05) is 0 Å². The zero-order valence-corrected chi connectivity index (χ0v) is 15.9. The first kappa shape index (κ1) is 20.4. The molecule has 1 aromatic heterocycles. The first-order valence-corrected chi connectivity index (χ1v) is 10.1. The Hall–Kier alpha value is -1.95. The molecule has 1 heterocycles. The molecule has 2 rings (SSSR count). The number of amidine groups is 1. The van der Waals surface area contributed by atoms with Crippen molar-refractivity contribution < 1.29 is 13.6 Å². The standard InChI is InChI=1S/C14H17ClN6O3S2/c15-9-2-1-3-10(8-9)19-13(16)12-14(21-24-20-12)25-6-5-18-11(22)4-7-26(17)23/h1-3,8H,4-7,17H2,(H2,16,19)(H,18,22). The van der Waals surface area contributed by atoms with Gasteiger partial charge in [-0.25, -0.2) is 13.8 Å². The summed E-state index contributed by atoms with van der Waals surface area (Å²) in [5, 5.41) is 16.4. The van der Waals surface area contributed by atoms with Crippen molar-refractivity contribution in [3.8, 4) is 0 Å². The van der Waals surface area contributed by atoms with E-state index in [4.69, 9.17) is 27.1 Å². The minimum atomic E-state index is -1.48. The average Bonchev–Trinajstić information content (AvgIpc) is 3.05. The van der Waals surface area contributed by atoms with Crippen LogP contribution in [-0.2, 0) is 15.8 Å². The Morgan fingerprint density at radius 1 is 1.42 bits per heavy atom. The van der Waals surface area contributed by atoms with Gasteiger partial charge in [-0.3, -0.25) is 9.93 Å². The van der Waals surface area contributed by atoms with Crippen molar-refractivity contribution in [2.45, 2.75) is 11.4 Å². The predicted molar refractivity (Wildman–Crippen MR) is 102 cm³/mol. The van der Waals surface area contributed by atoms with Crippen LogP contribution in [0.25, 0.3) is 0 Å². The highest BCUT2D eigenvalue weighted by Gasteiger charge is 2.15. The Kier molecular flexibility index (Phi) is 8.04. The van der Waals surface area contributed by atoms with E-state index in [1.54, 1.807) is 24.3 Å². The maximum Gasteiger partial charge on any atom is 0.221 e. The van der Waals surface area contributed by atoms with E-state index in [9.17, 15) is 9.00 Å². The molecule has 12 heteroatoms. The molecule has 0 bridgehead atoms. The Labute approximate surface area is 161 Å². The highest BCUT2D eigenvalue weighted by Crippen LogP contribution is 2.21.